The van der Waals surface area contributed by atoms with Gasteiger partial charge >= 0.3 is 0 Å². The summed E-state index contributed by atoms with van der Waals surface area (Å²) in [6.45, 7) is 0.771. The summed E-state index contributed by atoms with van der Waals surface area (Å²) in [4.78, 5) is 28.1. The van der Waals surface area contributed by atoms with E-state index in [1.165, 1.54) is 0 Å². The molecule has 2 N–H and O–H groups in total. The number of hydrogen-bond donors (Lipinski definition) is 2. The van der Waals surface area contributed by atoms with Crippen LogP contribution in [0.4, 0.5) is 11.4 Å². The first kappa shape index (κ1) is 12.5. The fourth-order valence-electron chi connectivity index (χ4n) is 2.32. The minimum absolute atomic E-state index is 0.160. The molecular formula is C15H15N3O2. The van der Waals surface area contributed by atoms with Crippen molar-refractivity contribution in [1.82, 2.24) is 4.98 Å². The molecule has 2 aromatic rings. The molecule has 2 heterocycles. The van der Waals surface area contributed by atoms with E-state index < -0.39 is 0 Å². The molecule has 0 unspecified atom stereocenters. The fraction of sp³-hybridized carbons (Fsp3) is 0.200. The number of rotatable bonds is 3. The summed E-state index contributed by atoms with van der Waals surface area (Å²) in [7, 11) is 0. The van der Waals surface area contributed by atoms with Crippen LogP contribution in [0.1, 0.15) is 23.3 Å². The maximum Gasteiger partial charge on any atom is 0.272 e. The van der Waals surface area contributed by atoms with Gasteiger partial charge in [0.05, 0.1) is 0 Å². The van der Waals surface area contributed by atoms with E-state index in [0.29, 0.717) is 17.8 Å². The SMILES string of the molecule is O=C(Nc1ccc(N2CCCC2=O)cc1)c1ccc[nH]1. The van der Waals surface area contributed by atoms with Gasteiger partial charge in [-0.1, -0.05) is 0 Å². The summed E-state index contributed by atoms with van der Waals surface area (Å²) in [5.74, 6) is -0.0202. The van der Waals surface area contributed by atoms with E-state index in [1.54, 1.807) is 23.2 Å². The quantitative estimate of drug-likeness (QED) is 0.898. The molecule has 1 aromatic carbocycles. The predicted octanol–water partition coefficient (Wildman–Crippen LogP) is 2.39. The Morgan fingerprint density at radius 2 is 2.00 bits per heavy atom. The Morgan fingerprint density at radius 3 is 2.60 bits per heavy atom. The Kier molecular flexibility index (Phi) is 3.25. The van der Waals surface area contributed by atoms with E-state index >= 15 is 0 Å². The van der Waals surface area contributed by atoms with Gasteiger partial charge in [0.25, 0.3) is 5.91 Å². The van der Waals surface area contributed by atoms with Gasteiger partial charge in [0, 0.05) is 30.5 Å². The molecule has 5 nitrogen and oxygen atoms in total. The lowest BCUT2D eigenvalue weighted by Crippen LogP contribution is -2.23. The van der Waals surface area contributed by atoms with Crippen LogP contribution in [0.2, 0.25) is 0 Å². The number of aromatic amines is 1. The van der Waals surface area contributed by atoms with Crippen molar-refractivity contribution in [2.45, 2.75) is 12.8 Å². The molecule has 0 radical (unpaired) electrons. The Balaban J connectivity index is 1.70. The Hall–Kier alpha value is -2.56. The lowest BCUT2D eigenvalue weighted by Gasteiger charge is -2.16. The molecule has 1 saturated heterocycles. The van der Waals surface area contributed by atoms with Gasteiger partial charge in [-0.25, -0.2) is 0 Å². The summed E-state index contributed by atoms with van der Waals surface area (Å²) < 4.78 is 0. The van der Waals surface area contributed by atoms with Gasteiger partial charge < -0.3 is 15.2 Å². The molecule has 0 spiro atoms. The number of carbonyl (C=O) groups excluding carboxylic acids is 2. The first-order valence-electron chi connectivity index (χ1n) is 6.59. The lowest BCUT2D eigenvalue weighted by atomic mass is 10.2. The van der Waals surface area contributed by atoms with E-state index in [1.807, 2.05) is 24.3 Å². The maximum absolute atomic E-state index is 11.9. The number of hydrogen-bond acceptors (Lipinski definition) is 2. The van der Waals surface area contributed by atoms with Crippen LogP contribution in [0.25, 0.3) is 0 Å². The number of aromatic nitrogens is 1. The predicted molar refractivity (Wildman–Crippen MR) is 76.8 cm³/mol. The lowest BCUT2D eigenvalue weighted by molar-refractivity contribution is -0.117. The maximum atomic E-state index is 11.9. The normalized spacial score (nSPS) is 14.6. The van der Waals surface area contributed by atoms with Gasteiger partial charge in [-0.05, 0) is 42.8 Å². The topological polar surface area (TPSA) is 65.2 Å². The first-order chi connectivity index (χ1) is 9.74. The third-order valence-electron chi connectivity index (χ3n) is 3.35. The summed E-state index contributed by atoms with van der Waals surface area (Å²) in [5, 5.41) is 2.80. The summed E-state index contributed by atoms with van der Waals surface area (Å²) >= 11 is 0. The number of H-pyrrole nitrogens is 1. The van der Waals surface area contributed by atoms with Crippen LogP contribution in [0, 0.1) is 0 Å². The molecule has 0 saturated carbocycles. The van der Waals surface area contributed by atoms with Crippen LogP contribution in [0.3, 0.4) is 0 Å². The summed E-state index contributed by atoms with van der Waals surface area (Å²) in [5.41, 5.74) is 2.11. The van der Waals surface area contributed by atoms with Crippen molar-refractivity contribution in [3.63, 3.8) is 0 Å². The Bertz CT molecular complexity index is 617. The van der Waals surface area contributed by atoms with Gasteiger partial charge in [-0.3, -0.25) is 9.59 Å². The van der Waals surface area contributed by atoms with Crippen LogP contribution in [0.15, 0.2) is 42.6 Å². The van der Waals surface area contributed by atoms with Crippen LogP contribution >= 0.6 is 0 Å². The molecule has 2 amide bonds. The van der Waals surface area contributed by atoms with Crippen molar-refractivity contribution in [2.24, 2.45) is 0 Å². The van der Waals surface area contributed by atoms with E-state index in [4.69, 9.17) is 0 Å². The van der Waals surface area contributed by atoms with Crippen molar-refractivity contribution in [2.75, 3.05) is 16.8 Å². The zero-order valence-corrected chi connectivity index (χ0v) is 10.9. The molecule has 1 aliphatic rings. The molecule has 1 fully saturated rings. The smallest absolute Gasteiger partial charge is 0.272 e. The molecule has 3 rings (SSSR count). The van der Waals surface area contributed by atoms with Crippen molar-refractivity contribution in [3.05, 3.63) is 48.3 Å². The van der Waals surface area contributed by atoms with Crippen molar-refractivity contribution in [1.29, 1.82) is 0 Å². The highest BCUT2D eigenvalue weighted by atomic mass is 16.2. The third-order valence-corrected chi connectivity index (χ3v) is 3.35. The van der Waals surface area contributed by atoms with Gasteiger partial charge in [0.1, 0.15) is 5.69 Å². The molecule has 1 aromatic heterocycles. The highest BCUT2D eigenvalue weighted by Crippen LogP contribution is 2.23. The molecule has 0 atom stereocenters. The molecular weight excluding hydrogens is 254 g/mol. The monoisotopic (exact) mass is 269 g/mol. The number of anilines is 2. The molecule has 102 valence electrons. The Labute approximate surface area is 116 Å². The molecule has 1 aliphatic heterocycles. The minimum Gasteiger partial charge on any atom is -0.357 e. The number of nitrogens with zero attached hydrogens (tertiary/aromatic N) is 1. The molecule has 5 heteroatoms. The molecule has 20 heavy (non-hydrogen) atoms. The van der Waals surface area contributed by atoms with Crippen LogP contribution in [-0.4, -0.2) is 23.3 Å². The average molecular weight is 269 g/mol. The molecule has 0 bridgehead atoms. The van der Waals surface area contributed by atoms with Crippen molar-refractivity contribution < 1.29 is 9.59 Å². The Morgan fingerprint density at radius 1 is 1.20 bits per heavy atom. The number of benzene rings is 1. The second-order valence-corrected chi connectivity index (χ2v) is 4.73. The van der Waals surface area contributed by atoms with Gasteiger partial charge in [-0.2, -0.15) is 0 Å². The minimum atomic E-state index is -0.181. The standard InChI is InChI=1S/C15H15N3O2/c19-14-4-2-10-18(14)12-7-5-11(6-8-12)17-15(20)13-3-1-9-16-13/h1,3,5-9,16H,2,4,10H2,(H,17,20). The van der Waals surface area contributed by atoms with Crippen molar-refractivity contribution >= 4 is 23.2 Å². The van der Waals surface area contributed by atoms with E-state index in [9.17, 15) is 9.59 Å². The third kappa shape index (κ3) is 2.42. The van der Waals surface area contributed by atoms with Crippen LogP contribution in [0.5, 0.6) is 0 Å². The largest absolute Gasteiger partial charge is 0.357 e. The highest BCUT2D eigenvalue weighted by Gasteiger charge is 2.21. The number of nitrogens with one attached hydrogen (secondary N) is 2. The first-order valence-corrected chi connectivity index (χ1v) is 6.59. The van der Waals surface area contributed by atoms with Crippen molar-refractivity contribution in [3.8, 4) is 0 Å². The summed E-state index contributed by atoms with van der Waals surface area (Å²) in [6, 6.07) is 10.8. The summed E-state index contributed by atoms with van der Waals surface area (Å²) in [6.07, 6.45) is 3.23. The van der Waals surface area contributed by atoms with E-state index in [0.717, 1.165) is 18.7 Å². The van der Waals surface area contributed by atoms with Crippen LogP contribution < -0.4 is 10.2 Å². The fourth-order valence-corrected chi connectivity index (χ4v) is 2.32. The molecule has 0 aliphatic carbocycles. The van der Waals surface area contributed by atoms with Gasteiger partial charge in [-0.15, -0.1) is 0 Å². The van der Waals surface area contributed by atoms with Gasteiger partial charge in [0.15, 0.2) is 0 Å². The van der Waals surface area contributed by atoms with E-state index in [-0.39, 0.29) is 11.8 Å². The highest BCUT2D eigenvalue weighted by molar-refractivity contribution is 6.03. The average Bonchev–Trinajstić information content (AvgIpc) is 3.11. The van der Waals surface area contributed by atoms with E-state index in [2.05, 4.69) is 10.3 Å². The number of amides is 2. The van der Waals surface area contributed by atoms with Crippen LogP contribution in [-0.2, 0) is 4.79 Å². The zero-order valence-electron chi connectivity index (χ0n) is 10.9. The second-order valence-electron chi connectivity index (χ2n) is 4.73. The van der Waals surface area contributed by atoms with Gasteiger partial charge in [0.2, 0.25) is 5.91 Å². The number of carbonyl (C=O) groups is 2. The second kappa shape index (κ2) is 5.21. The zero-order chi connectivity index (χ0) is 13.9.